The lowest BCUT2D eigenvalue weighted by atomic mass is 9.93. The van der Waals surface area contributed by atoms with Crippen LogP contribution in [0.5, 0.6) is 28.7 Å². The lowest BCUT2D eigenvalue weighted by Crippen LogP contribution is -2.16. The Kier molecular flexibility index (Phi) is 9.92. The van der Waals surface area contributed by atoms with Crippen LogP contribution in [0.4, 0.5) is 0 Å². The first-order valence-corrected chi connectivity index (χ1v) is 13.0. The number of hydrogen-bond donors (Lipinski definition) is 0. The van der Waals surface area contributed by atoms with E-state index in [1.54, 1.807) is 21.3 Å². The van der Waals surface area contributed by atoms with E-state index in [-0.39, 0.29) is 12.4 Å². The third-order valence-corrected chi connectivity index (χ3v) is 6.73. The van der Waals surface area contributed by atoms with Crippen molar-refractivity contribution in [3.05, 3.63) is 113 Å². The second-order valence-electron chi connectivity index (χ2n) is 9.29. The Bertz CT molecular complexity index is 1420. The molecule has 1 heterocycles. The number of halogens is 1. The van der Waals surface area contributed by atoms with E-state index in [1.807, 2.05) is 48.5 Å². The topological polar surface area (TPSA) is 58.5 Å². The van der Waals surface area contributed by atoms with Crippen LogP contribution in [0.25, 0.3) is 0 Å². The van der Waals surface area contributed by atoms with Crippen LogP contribution in [-0.2, 0) is 26.1 Å². The molecule has 0 aromatic heterocycles. The second kappa shape index (κ2) is 13.8. The van der Waals surface area contributed by atoms with Gasteiger partial charge in [-0.2, -0.15) is 0 Å². The Labute approximate surface area is 241 Å². The van der Waals surface area contributed by atoms with Crippen molar-refractivity contribution in [2.75, 3.05) is 27.9 Å². The third kappa shape index (κ3) is 6.69. The van der Waals surface area contributed by atoms with Crippen molar-refractivity contribution >= 4 is 18.1 Å². The van der Waals surface area contributed by atoms with Gasteiger partial charge in [-0.3, -0.25) is 4.99 Å². The molecule has 0 saturated heterocycles. The Morgan fingerprint density at radius 1 is 0.625 bits per heavy atom. The average Bonchev–Trinajstić information content (AvgIpc) is 2.99. The number of benzene rings is 4. The van der Waals surface area contributed by atoms with E-state index in [9.17, 15) is 0 Å². The highest BCUT2D eigenvalue weighted by atomic mass is 35.5. The standard InChI is InChI=1S/C33H33NO5.ClH/c1-35-31-17-25(18-32(36-2)33(31)37-3)16-28-27-20-30(39-22-24-12-8-5-9-13-24)29(19-26(27)14-15-34-28)38-21-23-10-6-4-7-11-23;/h4-13,17-20H,14-16,21-22H2,1-3H3;1H. The zero-order valence-electron chi connectivity index (χ0n) is 23.0. The number of methoxy groups -OCH3 is 3. The Morgan fingerprint density at radius 3 is 1.70 bits per heavy atom. The Balaban J connectivity index is 0.00000370. The molecule has 0 atom stereocenters. The first kappa shape index (κ1) is 28.8. The molecule has 0 unspecified atom stereocenters. The summed E-state index contributed by atoms with van der Waals surface area (Å²) in [6.45, 7) is 1.63. The molecule has 0 saturated carbocycles. The predicted molar refractivity (Wildman–Crippen MR) is 160 cm³/mol. The third-order valence-electron chi connectivity index (χ3n) is 6.73. The fraction of sp³-hybridized carbons (Fsp3) is 0.242. The molecule has 1 aliphatic rings. The van der Waals surface area contributed by atoms with E-state index in [0.29, 0.717) is 42.6 Å². The summed E-state index contributed by atoms with van der Waals surface area (Å²) in [7, 11) is 4.86. The van der Waals surface area contributed by atoms with Gasteiger partial charge in [0, 0.05) is 24.2 Å². The van der Waals surface area contributed by atoms with Crippen LogP contribution in [0.1, 0.15) is 27.8 Å². The summed E-state index contributed by atoms with van der Waals surface area (Å²) in [5.41, 5.74) is 6.48. The van der Waals surface area contributed by atoms with E-state index in [0.717, 1.165) is 46.7 Å². The largest absolute Gasteiger partial charge is 0.493 e. The maximum Gasteiger partial charge on any atom is 0.203 e. The maximum atomic E-state index is 6.34. The lowest BCUT2D eigenvalue weighted by Gasteiger charge is -2.22. The van der Waals surface area contributed by atoms with Crippen LogP contribution >= 0.6 is 12.4 Å². The van der Waals surface area contributed by atoms with Crippen molar-refractivity contribution in [3.8, 4) is 28.7 Å². The predicted octanol–water partition coefficient (Wildman–Crippen LogP) is 6.88. The van der Waals surface area contributed by atoms with E-state index in [4.69, 9.17) is 28.7 Å². The number of hydrogen-bond acceptors (Lipinski definition) is 6. The summed E-state index contributed by atoms with van der Waals surface area (Å²) in [5, 5.41) is 0. The molecule has 0 spiro atoms. The molecule has 0 radical (unpaired) electrons. The van der Waals surface area contributed by atoms with Crippen LogP contribution in [0.3, 0.4) is 0 Å². The van der Waals surface area contributed by atoms with Gasteiger partial charge in [0.1, 0.15) is 13.2 Å². The van der Waals surface area contributed by atoms with Gasteiger partial charge in [-0.15, -0.1) is 12.4 Å². The van der Waals surface area contributed by atoms with Gasteiger partial charge in [0.05, 0.1) is 21.3 Å². The number of nitrogens with zero attached hydrogens (tertiary/aromatic N) is 1. The molecule has 0 N–H and O–H groups in total. The lowest BCUT2D eigenvalue weighted by molar-refractivity contribution is 0.255. The van der Waals surface area contributed by atoms with Crippen LogP contribution < -0.4 is 23.7 Å². The van der Waals surface area contributed by atoms with Crippen molar-refractivity contribution in [1.82, 2.24) is 0 Å². The van der Waals surface area contributed by atoms with Crippen LogP contribution in [0, 0.1) is 0 Å². The molecule has 0 amide bonds. The van der Waals surface area contributed by atoms with Gasteiger partial charge in [0.15, 0.2) is 23.0 Å². The fourth-order valence-corrected chi connectivity index (χ4v) is 4.75. The van der Waals surface area contributed by atoms with Crippen molar-refractivity contribution in [2.45, 2.75) is 26.1 Å². The van der Waals surface area contributed by atoms with E-state index >= 15 is 0 Å². The first-order valence-electron chi connectivity index (χ1n) is 13.0. The molecule has 208 valence electrons. The van der Waals surface area contributed by atoms with E-state index in [1.165, 1.54) is 5.56 Å². The first-order chi connectivity index (χ1) is 19.2. The second-order valence-corrected chi connectivity index (χ2v) is 9.29. The van der Waals surface area contributed by atoms with E-state index in [2.05, 4.69) is 36.4 Å². The molecule has 7 heteroatoms. The van der Waals surface area contributed by atoms with Crippen LogP contribution in [0.2, 0.25) is 0 Å². The van der Waals surface area contributed by atoms with Gasteiger partial charge in [-0.05, 0) is 52.9 Å². The van der Waals surface area contributed by atoms with Crippen LogP contribution in [-0.4, -0.2) is 33.6 Å². The molecule has 0 aliphatic carbocycles. The maximum absolute atomic E-state index is 6.34. The minimum absolute atomic E-state index is 0. The highest BCUT2D eigenvalue weighted by Crippen LogP contribution is 2.39. The van der Waals surface area contributed by atoms with Crippen molar-refractivity contribution in [1.29, 1.82) is 0 Å². The van der Waals surface area contributed by atoms with E-state index < -0.39 is 0 Å². The smallest absolute Gasteiger partial charge is 0.203 e. The minimum atomic E-state index is 0. The Hall–Kier alpha value is -4.16. The molecule has 0 fully saturated rings. The fourth-order valence-electron chi connectivity index (χ4n) is 4.75. The normalized spacial score (nSPS) is 11.9. The SMILES string of the molecule is COc1cc(CC2=NCCc3cc(OCc4ccccc4)c(OCc4ccccc4)cc32)cc(OC)c1OC.Cl. The minimum Gasteiger partial charge on any atom is -0.493 e. The van der Waals surface area contributed by atoms with Gasteiger partial charge in [-0.1, -0.05) is 60.7 Å². The van der Waals surface area contributed by atoms with Crippen molar-refractivity contribution < 1.29 is 23.7 Å². The summed E-state index contributed by atoms with van der Waals surface area (Å²) in [6.07, 6.45) is 1.46. The molecule has 4 aromatic carbocycles. The monoisotopic (exact) mass is 559 g/mol. The quantitative estimate of drug-likeness (QED) is 0.200. The number of fused-ring (bicyclic) bond motifs is 1. The van der Waals surface area contributed by atoms with Gasteiger partial charge in [-0.25, -0.2) is 0 Å². The number of ether oxygens (including phenoxy) is 5. The highest BCUT2D eigenvalue weighted by Gasteiger charge is 2.21. The summed E-state index contributed by atoms with van der Waals surface area (Å²) in [5.74, 6) is 3.27. The van der Waals surface area contributed by atoms with Gasteiger partial charge in [0.2, 0.25) is 5.75 Å². The molecule has 40 heavy (non-hydrogen) atoms. The molecule has 1 aliphatic heterocycles. The van der Waals surface area contributed by atoms with Gasteiger partial charge < -0.3 is 23.7 Å². The summed E-state index contributed by atoms with van der Waals surface area (Å²) in [6, 6.07) is 28.4. The summed E-state index contributed by atoms with van der Waals surface area (Å²) < 4.78 is 29.3. The number of rotatable bonds is 11. The molecule has 4 aromatic rings. The zero-order valence-corrected chi connectivity index (χ0v) is 23.8. The van der Waals surface area contributed by atoms with Crippen molar-refractivity contribution in [3.63, 3.8) is 0 Å². The molecule has 6 nitrogen and oxygen atoms in total. The molecular formula is C33H34ClNO5. The summed E-state index contributed by atoms with van der Waals surface area (Å²) >= 11 is 0. The highest BCUT2D eigenvalue weighted by molar-refractivity contribution is 6.04. The van der Waals surface area contributed by atoms with Crippen molar-refractivity contribution in [2.24, 2.45) is 4.99 Å². The van der Waals surface area contributed by atoms with Crippen LogP contribution in [0.15, 0.2) is 89.9 Å². The zero-order chi connectivity index (χ0) is 27.0. The molecule has 0 bridgehead atoms. The van der Waals surface area contributed by atoms with Gasteiger partial charge in [0.25, 0.3) is 0 Å². The number of aliphatic imine (C=N–C) groups is 1. The Morgan fingerprint density at radius 2 is 1.18 bits per heavy atom. The summed E-state index contributed by atoms with van der Waals surface area (Å²) in [4.78, 5) is 4.91. The molecule has 5 rings (SSSR count). The molecular weight excluding hydrogens is 526 g/mol. The van der Waals surface area contributed by atoms with Gasteiger partial charge >= 0.3 is 0 Å². The average molecular weight is 560 g/mol.